The van der Waals surface area contributed by atoms with Gasteiger partial charge in [0, 0.05) is 24.2 Å². The van der Waals surface area contributed by atoms with Crippen molar-refractivity contribution < 1.29 is 0 Å². The Morgan fingerprint density at radius 3 is 3.14 bits per heavy atom. The first-order valence-corrected chi connectivity index (χ1v) is 5.60. The summed E-state index contributed by atoms with van der Waals surface area (Å²) in [6, 6.07) is 1.02. The molecule has 2 unspecified atom stereocenters. The van der Waals surface area contributed by atoms with Crippen molar-refractivity contribution in [1.82, 2.24) is 15.6 Å². The Hall–Kier alpha value is -0.160. The summed E-state index contributed by atoms with van der Waals surface area (Å²) >= 11 is 1.72. The van der Waals surface area contributed by atoms with Gasteiger partial charge < -0.3 is 10.6 Å². The van der Waals surface area contributed by atoms with E-state index in [1.54, 1.807) is 11.3 Å². The molecule has 1 aromatic heterocycles. The second-order valence-electron chi connectivity index (χ2n) is 3.45. The fourth-order valence-electron chi connectivity index (χ4n) is 1.67. The van der Waals surface area contributed by atoms with Crippen molar-refractivity contribution in [3.8, 4) is 0 Å². The molecule has 2 atom stereocenters. The van der Waals surface area contributed by atoms with Gasteiger partial charge in [-0.3, -0.25) is 0 Å². The van der Waals surface area contributed by atoms with Gasteiger partial charge in [-0.15, -0.1) is 23.7 Å². The zero-order valence-electron chi connectivity index (χ0n) is 8.19. The van der Waals surface area contributed by atoms with Crippen LogP contribution in [0.1, 0.15) is 24.4 Å². The zero-order valence-corrected chi connectivity index (χ0v) is 9.83. The van der Waals surface area contributed by atoms with Crippen LogP contribution in [0.15, 0.2) is 11.6 Å². The van der Waals surface area contributed by atoms with Crippen LogP contribution in [0.5, 0.6) is 0 Å². The smallest absolute Gasteiger partial charge is 0.109 e. The van der Waals surface area contributed by atoms with Crippen molar-refractivity contribution in [2.45, 2.75) is 25.4 Å². The fraction of sp³-hybridized carbons (Fsp3) is 0.667. The molecule has 2 rings (SSSR count). The molecule has 3 nitrogen and oxygen atoms in total. The fourth-order valence-corrected chi connectivity index (χ4v) is 2.33. The third kappa shape index (κ3) is 2.92. The number of thiazole rings is 1. The lowest BCUT2D eigenvalue weighted by molar-refractivity contribution is 0.477. The molecule has 1 saturated heterocycles. The highest BCUT2D eigenvalue weighted by molar-refractivity contribution is 7.09. The number of hydrogen-bond donors (Lipinski definition) is 2. The molecule has 1 fully saturated rings. The Bertz CT molecular complexity index is 247. The van der Waals surface area contributed by atoms with Gasteiger partial charge in [0.2, 0.25) is 0 Å². The SMILES string of the molecule is CC(NC1CCNC1)c1nccs1.Cl. The minimum Gasteiger partial charge on any atom is -0.315 e. The maximum Gasteiger partial charge on any atom is 0.109 e. The molecule has 0 aromatic carbocycles. The van der Waals surface area contributed by atoms with Crippen molar-refractivity contribution in [3.63, 3.8) is 0 Å². The molecule has 0 bridgehead atoms. The summed E-state index contributed by atoms with van der Waals surface area (Å²) in [5, 5.41) is 10.1. The van der Waals surface area contributed by atoms with E-state index in [1.165, 1.54) is 11.4 Å². The van der Waals surface area contributed by atoms with Crippen LogP contribution in [0.4, 0.5) is 0 Å². The second-order valence-corrected chi connectivity index (χ2v) is 4.37. The monoisotopic (exact) mass is 233 g/mol. The predicted octanol–water partition coefficient (Wildman–Crippen LogP) is 1.58. The van der Waals surface area contributed by atoms with Crippen molar-refractivity contribution in [2.24, 2.45) is 0 Å². The average Bonchev–Trinajstić information content (AvgIpc) is 2.74. The number of rotatable bonds is 3. The summed E-state index contributed by atoms with van der Waals surface area (Å²) in [6.45, 7) is 4.41. The van der Waals surface area contributed by atoms with E-state index in [-0.39, 0.29) is 12.4 Å². The van der Waals surface area contributed by atoms with E-state index in [0.29, 0.717) is 12.1 Å². The average molecular weight is 234 g/mol. The zero-order chi connectivity index (χ0) is 9.10. The third-order valence-corrected chi connectivity index (χ3v) is 3.33. The highest BCUT2D eigenvalue weighted by Crippen LogP contribution is 2.16. The Morgan fingerprint density at radius 1 is 1.71 bits per heavy atom. The summed E-state index contributed by atoms with van der Waals surface area (Å²) in [4.78, 5) is 4.29. The highest BCUT2D eigenvalue weighted by atomic mass is 35.5. The molecule has 1 aromatic rings. The summed E-state index contributed by atoms with van der Waals surface area (Å²) in [5.74, 6) is 0. The normalized spacial score (nSPS) is 23.1. The Morgan fingerprint density at radius 2 is 2.57 bits per heavy atom. The van der Waals surface area contributed by atoms with Crippen LogP contribution >= 0.6 is 23.7 Å². The highest BCUT2D eigenvalue weighted by Gasteiger charge is 2.17. The van der Waals surface area contributed by atoms with Crippen molar-refractivity contribution >= 4 is 23.7 Å². The van der Waals surface area contributed by atoms with Gasteiger partial charge in [0.1, 0.15) is 5.01 Å². The first-order valence-electron chi connectivity index (χ1n) is 4.72. The molecule has 0 aliphatic carbocycles. The molecule has 0 amide bonds. The maximum absolute atomic E-state index is 4.29. The lowest BCUT2D eigenvalue weighted by atomic mass is 10.2. The van der Waals surface area contributed by atoms with E-state index in [9.17, 15) is 0 Å². The van der Waals surface area contributed by atoms with Crippen LogP contribution in [0.2, 0.25) is 0 Å². The largest absolute Gasteiger partial charge is 0.315 e. The van der Waals surface area contributed by atoms with Gasteiger partial charge in [-0.1, -0.05) is 0 Å². The Kier molecular flexibility index (Phi) is 4.81. The lowest BCUT2D eigenvalue weighted by Gasteiger charge is -2.16. The molecule has 5 heteroatoms. The van der Waals surface area contributed by atoms with Gasteiger partial charge in [-0.05, 0) is 19.9 Å². The third-order valence-electron chi connectivity index (χ3n) is 2.37. The van der Waals surface area contributed by atoms with E-state index >= 15 is 0 Å². The van der Waals surface area contributed by atoms with E-state index in [0.717, 1.165) is 13.1 Å². The van der Waals surface area contributed by atoms with Crippen LogP contribution in [0, 0.1) is 0 Å². The van der Waals surface area contributed by atoms with Crippen molar-refractivity contribution in [3.05, 3.63) is 16.6 Å². The van der Waals surface area contributed by atoms with Gasteiger partial charge in [-0.2, -0.15) is 0 Å². The minimum atomic E-state index is 0. The molecule has 1 aliphatic rings. The minimum absolute atomic E-state index is 0. The summed E-state index contributed by atoms with van der Waals surface area (Å²) in [6.07, 6.45) is 3.10. The standard InChI is InChI=1S/C9H15N3S.ClH/c1-7(9-11-4-5-13-9)12-8-2-3-10-6-8;/h4-5,7-8,10,12H,2-3,6H2,1H3;1H. The molecule has 0 radical (unpaired) electrons. The Balaban J connectivity index is 0.000000980. The van der Waals surface area contributed by atoms with Crippen LogP contribution < -0.4 is 10.6 Å². The molecule has 1 aliphatic heterocycles. The molecular weight excluding hydrogens is 218 g/mol. The van der Waals surface area contributed by atoms with Gasteiger partial charge in [0.05, 0.1) is 6.04 Å². The number of hydrogen-bond acceptors (Lipinski definition) is 4. The summed E-state index contributed by atoms with van der Waals surface area (Å²) < 4.78 is 0. The topological polar surface area (TPSA) is 37.0 Å². The molecule has 14 heavy (non-hydrogen) atoms. The molecular formula is C9H16ClN3S. The first kappa shape index (κ1) is 11.9. The number of nitrogens with zero attached hydrogens (tertiary/aromatic N) is 1. The predicted molar refractivity (Wildman–Crippen MR) is 62.2 cm³/mol. The first-order chi connectivity index (χ1) is 6.36. The van der Waals surface area contributed by atoms with Crippen LogP contribution in [-0.2, 0) is 0 Å². The molecule has 2 N–H and O–H groups in total. The van der Waals surface area contributed by atoms with E-state index in [2.05, 4.69) is 22.5 Å². The van der Waals surface area contributed by atoms with Crippen LogP contribution in [-0.4, -0.2) is 24.1 Å². The van der Waals surface area contributed by atoms with E-state index in [1.807, 2.05) is 11.6 Å². The number of nitrogens with one attached hydrogen (secondary N) is 2. The molecule has 0 spiro atoms. The van der Waals surface area contributed by atoms with Crippen molar-refractivity contribution in [2.75, 3.05) is 13.1 Å². The number of halogens is 1. The van der Waals surface area contributed by atoms with Crippen LogP contribution in [0.3, 0.4) is 0 Å². The van der Waals surface area contributed by atoms with Gasteiger partial charge in [0.15, 0.2) is 0 Å². The van der Waals surface area contributed by atoms with Crippen LogP contribution in [0.25, 0.3) is 0 Å². The van der Waals surface area contributed by atoms with Gasteiger partial charge in [-0.25, -0.2) is 4.98 Å². The number of aromatic nitrogens is 1. The Labute approximate surface area is 94.7 Å². The summed E-state index contributed by atoms with van der Waals surface area (Å²) in [7, 11) is 0. The van der Waals surface area contributed by atoms with E-state index in [4.69, 9.17) is 0 Å². The lowest BCUT2D eigenvalue weighted by Crippen LogP contribution is -2.33. The maximum atomic E-state index is 4.29. The molecule has 0 saturated carbocycles. The van der Waals surface area contributed by atoms with Gasteiger partial charge in [0.25, 0.3) is 0 Å². The van der Waals surface area contributed by atoms with E-state index < -0.39 is 0 Å². The molecule has 2 heterocycles. The molecule has 80 valence electrons. The summed E-state index contributed by atoms with van der Waals surface area (Å²) in [5.41, 5.74) is 0. The van der Waals surface area contributed by atoms with Crippen molar-refractivity contribution in [1.29, 1.82) is 0 Å². The quantitative estimate of drug-likeness (QED) is 0.833. The van der Waals surface area contributed by atoms with Gasteiger partial charge >= 0.3 is 0 Å². The second kappa shape index (κ2) is 5.66.